The summed E-state index contributed by atoms with van der Waals surface area (Å²) in [6, 6.07) is 13.7. The third-order valence-corrected chi connectivity index (χ3v) is 5.49. The van der Waals surface area contributed by atoms with E-state index in [-0.39, 0.29) is 12.5 Å². The molecule has 0 radical (unpaired) electrons. The first-order valence-corrected chi connectivity index (χ1v) is 10.1. The van der Waals surface area contributed by atoms with Crippen LogP contribution in [0.25, 0.3) is 11.3 Å². The number of ether oxygens (including phenoxy) is 1. The highest BCUT2D eigenvalue weighted by atomic mass is 16.5. The van der Waals surface area contributed by atoms with Crippen LogP contribution in [0.1, 0.15) is 11.1 Å². The molecule has 0 N–H and O–H groups in total. The summed E-state index contributed by atoms with van der Waals surface area (Å²) in [5, 5.41) is 8.71. The Kier molecular flexibility index (Phi) is 5.88. The summed E-state index contributed by atoms with van der Waals surface area (Å²) in [7, 11) is 0. The van der Waals surface area contributed by atoms with Crippen LogP contribution in [0, 0.1) is 13.8 Å². The first-order valence-electron chi connectivity index (χ1n) is 10.1. The molecule has 1 aliphatic heterocycles. The second-order valence-corrected chi connectivity index (χ2v) is 7.37. The third-order valence-electron chi connectivity index (χ3n) is 5.49. The second kappa shape index (κ2) is 8.90. The van der Waals surface area contributed by atoms with Crippen molar-refractivity contribution >= 4 is 11.7 Å². The van der Waals surface area contributed by atoms with Crippen LogP contribution >= 0.6 is 0 Å². The van der Waals surface area contributed by atoms with Gasteiger partial charge in [-0.15, -0.1) is 10.2 Å². The summed E-state index contributed by atoms with van der Waals surface area (Å²) in [4.78, 5) is 20.6. The SMILES string of the molecule is Cc1cccc(OCC(=O)N2CCN(c3ccc(-c4ccncc4)nn3)CC2)c1C. The number of carbonyl (C=O) groups excluding carboxylic acids is 1. The lowest BCUT2D eigenvalue weighted by Crippen LogP contribution is -2.50. The molecule has 1 amide bonds. The Morgan fingerprint density at radius 3 is 2.43 bits per heavy atom. The van der Waals surface area contributed by atoms with Crippen LogP contribution in [0.2, 0.25) is 0 Å². The lowest BCUT2D eigenvalue weighted by atomic mass is 10.1. The number of aromatic nitrogens is 3. The highest BCUT2D eigenvalue weighted by Crippen LogP contribution is 2.21. The molecule has 1 fully saturated rings. The molecule has 1 aliphatic rings. The van der Waals surface area contributed by atoms with Gasteiger partial charge in [0.25, 0.3) is 5.91 Å². The third kappa shape index (κ3) is 4.40. The lowest BCUT2D eigenvalue weighted by molar-refractivity contribution is -0.133. The Balaban J connectivity index is 1.30. The molecule has 7 nitrogen and oxygen atoms in total. The Morgan fingerprint density at radius 1 is 0.967 bits per heavy atom. The van der Waals surface area contributed by atoms with E-state index < -0.39 is 0 Å². The van der Waals surface area contributed by atoms with Gasteiger partial charge in [0.15, 0.2) is 12.4 Å². The zero-order chi connectivity index (χ0) is 20.9. The minimum atomic E-state index is 0.00896. The maximum atomic E-state index is 12.6. The van der Waals surface area contributed by atoms with Gasteiger partial charge >= 0.3 is 0 Å². The predicted molar refractivity (Wildman–Crippen MR) is 115 cm³/mol. The fraction of sp³-hybridized carbons (Fsp3) is 0.304. The molecule has 0 bridgehead atoms. The number of hydrogen-bond acceptors (Lipinski definition) is 6. The number of rotatable bonds is 5. The maximum Gasteiger partial charge on any atom is 0.260 e. The van der Waals surface area contributed by atoms with Crippen molar-refractivity contribution in [3.8, 4) is 17.0 Å². The monoisotopic (exact) mass is 403 g/mol. The second-order valence-electron chi connectivity index (χ2n) is 7.37. The highest BCUT2D eigenvalue weighted by Gasteiger charge is 2.22. The van der Waals surface area contributed by atoms with E-state index in [4.69, 9.17) is 4.74 Å². The molecule has 30 heavy (non-hydrogen) atoms. The molecule has 2 aromatic heterocycles. The number of nitrogens with zero attached hydrogens (tertiary/aromatic N) is 5. The van der Waals surface area contributed by atoms with Gasteiger partial charge < -0.3 is 14.5 Å². The molecule has 154 valence electrons. The lowest BCUT2D eigenvalue weighted by Gasteiger charge is -2.35. The van der Waals surface area contributed by atoms with Crippen molar-refractivity contribution in [3.63, 3.8) is 0 Å². The molecule has 0 atom stereocenters. The fourth-order valence-electron chi connectivity index (χ4n) is 3.47. The van der Waals surface area contributed by atoms with Crippen LogP contribution in [0.5, 0.6) is 5.75 Å². The molecule has 0 saturated carbocycles. The topological polar surface area (TPSA) is 71.5 Å². The van der Waals surface area contributed by atoms with Gasteiger partial charge in [0.05, 0.1) is 5.69 Å². The van der Waals surface area contributed by atoms with Gasteiger partial charge in [-0.1, -0.05) is 12.1 Å². The average Bonchev–Trinajstić information content (AvgIpc) is 2.81. The number of carbonyl (C=O) groups is 1. The van der Waals surface area contributed by atoms with Gasteiger partial charge in [-0.2, -0.15) is 0 Å². The largest absolute Gasteiger partial charge is 0.483 e. The van der Waals surface area contributed by atoms with Crippen molar-refractivity contribution in [2.75, 3.05) is 37.7 Å². The summed E-state index contributed by atoms with van der Waals surface area (Å²) < 4.78 is 5.77. The zero-order valence-electron chi connectivity index (χ0n) is 17.3. The number of anilines is 1. The summed E-state index contributed by atoms with van der Waals surface area (Å²) in [6.07, 6.45) is 3.48. The number of pyridine rings is 1. The predicted octanol–water partition coefficient (Wildman–Crippen LogP) is 2.88. The molecule has 0 unspecified atom stereocenters. The van der Waals surface area contributed by atoms with E-state index in [1.807, 2.05) is 61.2 Å². The van der Waals surface area contributed by atoms with Crippen LogP contribution < -0.4 is 9.64 Å². The smallest absolute Gasteiger partial charge is 0.260 e. The number of amides is 1. The molecular formula is C23H25N5O2. The van der Waals surface area contributed by atoms with Crippen molar-refractivity contribution in [3.05, 3.63) is 66.0 Å². The first kappa shape index (κ1) is 19.8. The number of piperazine rings is 1. The summed E-state index contributed by atoms with van der Waals surface area (Å²) in [5.74, 6) is 1.60. The van der Waals surface area contributed by atoms with Gasteiger partial charge in [-0.05, 0) is 55.3 Å². The van der Waals surface area contributed by atoms with E-state index in [9.17, 15) is 4.79 Å². The maximum absolute atomic E-state index is 12.6. The van der Waals surface area contributed by atoms with Gasteiger partial charge in [-0.25, -0.2) is 0 Å². The van der Waals surface area contributed by atoms with E-state index in [0.29, 0.717) is 13.1 Å². The van der Waals surface area contributed by atoms with Crippen molar-refractivity contribution in [2.24, 2.45) is 0 Å². The Bertz CT molecular complexity index is 1000. The summed E-state index contributed by atoms with van der Waals surface area (Å²) >= 11 is 0. The Labute approximate surface area is 176 Å². The van der Waals surface area contributed by atoms with E-state index in [1.165, 1.54) is 0 Å². The molecule has 7 heteroatoms. The van der Waals surface area contributed by atoms with Gasteiger partial charge in [0, 0.05) is 44.1 Å². The Morgan fingerprint density at radius 2 is 1.73 bits per heavy atom. The molecule has 0 aliphatic carbocycles. The van der Waals surface area contributed by atoms with Crippen LogP contribution in [-0.4, -0.2) is 58.8 Å². The van der Waals surface area contributed by atoms with Crippen LogP contribution in [-0.2, 0) is 4.79 Å². The highest BCUT2D eigenvalue weighted by molar-refractivity contribution is 5.78. The number of benzene rings is 1. The fourth-order valence-corrected chi connectivity index (χ4v) is 3.47. The van der Waals surface area contributed by atoms with Crippen LogP contribution in [0.3, 0.4) is 0 Å². The van der Waals surface area contributed by atoms with E-state index in [0.717, 1.165) is 47.0 Å². The van der Waals surface area contributed by atoms with E-state index in [2.05, 4.69) is 20.1 Å². The van der Waals surface area contributed by atoms with Crippen molar-refractivity contribution < 1.29 is 9.53 Å². The van der Waals surface area contributed by atoms with Gasteiger partial charge in [0.2, 0.25) is 0 Å². The molecule has 3 aromatic rings. The van der Waals surface area contributed by atoms with Crippen molar-refractivity contribution in [1.82, 2.24) is 20.1 Å². The average molecular weight is 403 g/mol. The number of aryl methyl sites for hydroxylation is 1. The molecule has 3 heterocycles. The minimum Gasteiger partial charge on any atom is -0.483 e. The van der Waals surface area contributed by atoms with Crippen LogP contribution in [0.15, 0.2) is 54.9 Å². The molecular weight excluding hydrogens is 378 g/mol. The summed E-state index contributed by atoms with van der Waals surface area (Å²) in [6.45, 7) is 6.83. The quantitative estimate of drug-likeness (QED) is 0.652. The van der Waals surface area contributed by atoms with Crippen molar-refractivity contribution in [2.45, 2.75) is 13.8 Å². The molecule has 1 saturated heterocycles. The standard InChI is InChI=1S/C23H25N5O2/c1-17-4-3-5-21(18(17)2)30-16-23(29)28-14-12-27(13-15-28)22-7-6-20(25-26-22)19-8-10-24-11-9-19/h3-11H,12-16H2,1-2H3. The van der Waals surface area contributed by atoms with Gasteiger partial charge in [0.1, 0.15) is 5.75 Å². The Hall–Kier alpha value is -3.48. The summed E-state index contributed by atoms with van der Waals surface area (Å²) in [5.41, 5.74) is 4.04. The molecule has 1 aromatic carbocycles. The molecule has 0 spiro atoms. The van der Waals surface area contributed by atoms with Crippen LogP contribution in [0.4, 0.5) is 5.82 Å². The molecule has 4 rings (SSSR count). The normalized spacial score (nSPS) is 13.9. The van der Waals surface area contributed by atoms with E-state index >= 15 is 0 Å². The first-order chi connectivity index (χ1) is 14.6. The zero-order valence-corrected chi connectivity index (χ0v) is 17.3. The number of hydrogen-bond donors (Lipinski definition) is 0. The van der Waals surface area contributed by atoms with E-state index in [1.54, 1.807) is 12.4 Å². The van der Waals surface area contributed by atoms with Gasteiger partial charge in [-0.3, -0.25) is 9.78 Å². The van der Waals surface area contributed by atoms with Crippen molar-refractivity contribution in [1.29, 1.82) is 0 Å². The minimum absolute atomic E-state index is 0.00896.